The van der Waals surface area contributed by atoms with Crippen LogP contribution in [0.1, 0.15) is 36.7 Å². The van der Waals surface area contributed by atoms with Gasteiger partial charge in [-0.15, -0.1) is 0 Å². The number of hydrazine groups is 1. The van der Waals surface area contributed by atoms with Crippen LogP contribution in [0.15, 0.2) is 18.2 Å². The molecular formula is C13H21N3O. The summed E-state index contributed by atoms with van der Waals surface area (Å²) in [6, 6.07) is 5.67. The molecule has 0 heterocycles. The summed E-state index contributed by atoms with van der Waals surface area (Å²) in [4.78, 5) is 12.0. The van der Waals surface area contributed by atoms with Crippen molar-refractivity contribution in [2.75, 3.05) is 5.43 Å². The van der Waals surface area contributed by atoms with Gasteiger partial charge in [0.25, 0.3) is 5.91 Å². The number of benzene rings is 1. The number of carbonyl (C=O) groups is 1. The smallest absolute Gasteiger partial charge is 0.253 e. The Labute approximate surface area is 103 Å². The van der Waals surface area contributed by atoms with Crippen LogP contribution in [0, 0.1) is 12.8 Å². The lowest BCUT2D eigenvalue weighted by molar-refractivity contribution is 0.0931. The molecule has 4 N–H and O–H groups in total. The van der Waals surface area contributed by atoms with Gasteiger partial charge in [0.2, 0.25) is 0 Å². The highest BCUT2D eigenvalue weighted by Crippen LogP contribution is 2.16. The first-order valence-corrected chi connectivity index (χ1v) is 5.83. The Morgan fingerprint density at radius 2 is 1.94 bits per heavy atom. The Balaban J connectivity index is 2.89. The molecular weight excluding hydrogens is 214 g/mol. The lowest BCUT2D eigenvalue weighted by atomic mass is 10.0. The van der Waals surface area contributed by atoms with Crippen LogP contribution in [0.3, 0.4) is 0 Å². The van der Waals surface area contributed by atoms with Crippen LogP contribution >= 0.6 is 0 Å². The van der Waals surface area contributed by atoms with Crippen molar-refractivity contribution in [1.29, 1.82) is 0 Å². The van der Waals surface area contributed by atoms with Gasteiger partial charge >= 0.3 is 0 Å². The van der Waals surface area contributed by atoms with E-state index in [2.05, 4.69) is 24.6 Å². The van der Waals surface area contributed by atoms with Crippen molar-refractivity contribution in [2.45, 2.75) is 33.7 Å². The Hall–Kier alpha value is -1.55. The van der Waals surface area contributed by atoms with Gasteiger partial charge in [0.05, 0.1) is 11.3 Å². The molecule has 1 rings (SSSR count). The molecule has 1 atom stereocenters. The van der Waals surface area contributed by atoms with Crippen LogP contribution in [0.2, 0.25) is 0 Å². The zero-order valence-corrected chi connectivity index (χ0v) is 10.9. The van der Waals surface area contributed by atoms with Crippen LogP contribution in [-0.4, -0.2) is 11.9 Å². The normalized spacial score (nSPS) is 12.4. The van der Waals surface area contributed by atoms with Crippen molar-refractivity contribution < 1.29 is 4.79 Å². The number of rotatable bonds is 4. The zero-order chi connectivity index (χ0) is 13.0. The second-order valence-electron chi connectivity index (χ2n) is 4.70. The van der Waals surface area contributed by atoms with Gasteiger partial charge < -0.3 is 10.7 Å². The number of aryl methyl sites for hydroxylation is 1. The highest BCUT2D eigenvalue weighted by Gasteiger charge is 2.15. The molecule has 1 amide bonds. The third-order valence-electron chi connectivity index (χ3n) is 2.93. The third kappa shape index (κ3) is 3.46. The summed E-state index contributed by atoms with van der Waals surface area (Å²) in [6.45, 7) is 8.09. The summed E-state index contributed by atoms with van der Waals surface area (Å²) in [7, 11) is 0. The number of carbonyl (C=O) groups excluding carboxylic acids is 1. The average Bonchev–Trinajstić information content (AvgIpc) is 2.28. The minimum atomic E-state index is -0.0980. The molecule has 0 radical (unpaired) electrons. The monoisotopic (exact) mass is 235 g/mol. The maximum Gasteiger partial charge on any atom is 0.253 e. The second-order valence-corrected chi connectivity index (χ2v) is 4.70. The molecule has 0 bridgehead atoms. The quantitative estimate of drug-likeness (QED) is 0.552. The molecule has 0 spiro atoms. The summed E-state index contributed by atoms with van der Waals surface area (Å²) < 4.78 is 0. The fraction of sp³-hybridized carbons (Fsp3) is 0.462. The Kier molecular flexibility index (Phi) is 4.52. The van der Waals surface area contributed by atoms with E-state index in [0.29, 0.717) is 17.2 Å². The average molecular weight is 235 g/mol. The Morgan fingerprint density at radius 1 is 1.29 bits per heavy atom. The molecule has 0 saturated carbocycles. The third-order valence-corrected chi connectivity index (χ3v) is 2.93. The van der Waals surface area contributed by atoms with E-state index < -0.39 is 0 Å². The molecule has 94 valence electrons. The molecule has 0 fully saturated rings. The standard InChI is InChI=1S/C13H21N3O/c1-8(2)10(4)15-13(17)11-6-5-9(3)7-12(11)16-14/h5-8,10,16H,14H2,1-4H3,(H,15,17). The number of anilines is 1. The van der Waals surface area contributed by atoms with Crippen molar-refractivity contribution in [1.82, 2.24) is 5.32 Å². The molecule has 0 aliphatic carbocycles. The Morgan fingerprint density at radius 3 is 2.47 bits per heavy atom. The lowest BCUT2D eigenvalue weighted by Gasteiger charge is -2.18. The van der Waals surface area contributed by atoms with Gasteiger partial charge in [0.1, 0.15) is 0 Å². The van der Waals surface area contributed by atoms with E-state index in [0.717, 1.165) is 5.56 Å². The molecule has 1 aromatic carbocycles. The van der Waals surface area contributed by atoms with Crippen molar-refractivity contribution in [3.05, 3.63) is 29.3 Å². The largest absolute Gasteiger partial charge is 0.349 e. The van der Waals surface area contributed by atoms with Crippen molar-refractivity contribution in [3.8, 4) is 0 Å². The number of nitrogen functional groups attached to an aromatic ring is 1. The summed E-state index contributed by atoms with van der Waals surface area (Å²) in [5.74, 6) is 5.72. The fourth-order valence-electron chi connectivity index (χ4n) is 1.43. The van der Waals surface area contributed by atoms with Crippen LogP contribution in [0.25, 0.3) is 0 Å². The molecule has 17 heavy (non-hydrogen) atoms. The predicted octanol–water partition coefficient (Wildman–Crippen LogP) is 2.05. The SMILES string of the molecule is Cc1ccc(C(=O)NC(C)C(C)C)c(NN)c1. The topological polar surface area (TPSA) is 67.2 Å². The summed E-state index contributed by atoms with van der Waals surface area (Å²) >= 11 is 0. The second kappa shape index (κ2) is 5.68. The van der Waals surface area contributed by atoms with Gasteiger partial charge in [0.15, 0.2) is 0 Å². The van der Waals surface area contributed by atoms with E-state index in [9.17, 15) is 4.79 Å². The van der Waals surface area contributed by atoms with E-state index >= 15 is 0 Å². The highest BCUT2D eigenvalue weighted by molar-refractivity contribution is 5.99. The van der Waals surface area contributed by atoms with Crippen LogP contribution < -0.4 is 16.6 Å². The van der Waals surface area contributed by atoms with Crippen molar-refractivity contribution >= 4 is 11.6 Å². The van der Waals surface area contributed by atoms with Crippen molar-refractivity contribution in [3.63, 3.8) is 0 Å². The molecule has 1 unspecified atom stereocenters. The number of nitrogens with two attached hydrogens (primary N) is 1. The van der Waals surface area contributed by atoms with Crippen molar-refractivity contribution in [2.24, 2.45) is 11.8 Å². The van der Waals surface area contributed by atoms with Gasteiger partial charge in [-0.2, -0.15) is 0 Å². The number of nitrogens with one attached hydrogen (secondary N) is 2. The van der Waals surface area contributed by atoms with E-state index in [-0.39, 0.29) is 11.9 Å². The summed E-state index contributed by atoms with van der Waals surface area (Å²) in [5.41, 5.74) is 4.85. The van der Waals surface area contributed by atoms with Gasteiger partial charge in [-0.1, -0.05) is 19.9 Å². The number of amides is 1. The number of hydrogen-bond donors (Lipinski definition) is 3. The van der Waals surface area contributed by atoms with Gasteiger partial charge in [-0.25, -0.2) is 0 Å². The van der Waals surface area contributed by atoms with Gasteiger partial charge in [-0.3, -0.25) is 10.6 Å². The summed E-state index contributed by atoms with van der Waals surface area (Å²) in [6.07, 6.45) is 0. The molecule has 0 aromatic heterocycles. The van der Waals surface area contributed by atoms with E-state index in [4.69, 9.17) is 5.84 Å². The zero-order valence-electron chi connectivity index (χ0n) is 10.9. The first-order valence-electron chi connectivity index (χ1n) is 5.83. The maximum absolute atomic E-state index is 12.0. The molecule has 4 nitrogen and oxygen atoms in total. The minimum Gasteiger partial charge on any atom is -0.349 e. The Bertz CT molecular complexity index is 402. The highest BCUT2D eigenvalue weighted by atomic mass is 16.1. The molecule has 4 heteroatoms. The lowest BCUT2D eigenvalue weighted by Crippen LogP contribution is -2.36. The molecule has 0 aliphatic rings. The van der Waals surface area contributed by atoms with E-state index in [1.165, 1.54) is 0 Å². The van der Waals surface area contributed by atoms with Crippen LogP contribution in [-0.2, 0) is 0 Å². The fourth-order valence-corrected chi connectivity index (χ4v) is 1.43. The molecule has 1 aromatic rings. The van der Waals surface area contributed by atoms with Crippen LogP contribution in [0.5, 0.6) is 0 Å². The molecule has 0 aliphatic heterocycles. The first-order chi connectivity index (χ1) is 7.95. The summed E-state index contributed by atoms with van der Waals surface area (Å²) in [5, 5.41) is 2.96. The predicted molar refractivity (Wildman–Crippen MR) is 70.8 cm³/mol. The molecule has 0 saturated heterocycles. The van der Waals surface area contributed by atoms with Gasteiger partial charge in [0, 0.05) is 6.04 Å². The van der Waals surface area contributed by atoms with Gasteiger partial charge in [-0.05, 0) is 37.5 Å². The maximum atomic E-state index is 12.0. The van der Waals surface area contributed by atoms with E-state index in [1.54, 1.807) is 6.07 Å². The first kappa shape index (κ1) is 13.5. The van der Waals surface area contributed by atoms with Crippen LogP contribution in [0.4, 0.5) is 5.69 Å². The number of hydrogen-bond acceptors (Lipinski definition) is 3. The van der Waals surface area contributed by atoms with E-state index in [1.807, 2.05) is 26.0 Å². The minimum absolute atomic E-state index is 0.0980.